The number of carbonyl (C=O) groups is 1. The van der Waals surface area contributed by atoms with Gasteiger partial charge in [-0.15, -0.1) is 0 Å². The Hall–Kier alpha value is -0.570. The highest BCUT2D eigenvalue weighted by Crippen LogP contribution is 2.10. The number of hydrogen-bond acceptors (Lipinski definition) is 3. The summed E-state index contributed by atoms with van der Waals surface area (Å²) >= 11 is 0. The summed E-state index contributed by atoms with van der Waals surface area (Å²) in [6.45, 7) is 4.55. The third-order valence-electron chi connectivity index (χ3n) is 2.86. The first kappa shape index (κ1) is 16.4. The fraction of sp³-hybridized carbons (Fsp3) is 0.929. The number of esters is 1. The van der Waals surface area contributed by atoms with Gasteiger partial charge in [0, 0.05) is 6.42 Å². The Balaban J connectivity index is 3.15. The predicted octanol–water partition coefficient (Wildman–Crippen LogP) is 3.44. The molecule has 102 valence electrons. The predicted molar refractivity (Wildman–Crippen MR) is 69.9 cm³/mol. The quantitative estimate of drug-likeness (QED) is 0.447. The van der Waals surface area contributed by atoms with Gasteiger partial charge in [0.15, 0.2) is 0 Å². The van der Waals surface area contributed by atoms with Crippen molar-refractivity contribution < 1.29 is 14.6 Å². The van der Waals surface area contributed by atoms with Crippen LogP contribution >= 0.6 is 0 Å². The van der Waals surface area contributed by atoms with Crippen LogP contribution in [0.5, 0.6) is 0 Å². The van der Waals surface area contributed by atoms with Gasteiger partial charge >= 0.3 is 5.97 Å². The molecule has 0 fully saturated rings. The first-order chi connectivity index (χ1) is 8.20. The number of aliphatic hydroxyl groups excluding tert-OH is 1. The molecule has 3 nitrogen and oxygen atoms in total. The van der Waals surface area contributed by atoms with Gasteiger partial charge in [-0.1, -0.05) is 39.5 Å². The van der Waals surface area contributed by atoms with Crippen molar-refractivity contribution in [2.75, 3.05) is 6.61 Å². The molecule has 0 aromatic rings. The van der Waals surface area contributed by atoms with Gasteiger partial charge in [-0.05, 0) is 25.7 Å². The van der Waals surface area contributed by atoms with Gasteiger partial charge in [0.25, 0.3) is 0 Å². The number of rotatable bonds is 11. The van der Waals surface area contributed by atoms with Crippen molar-refractivity contribution in [3.8, 4) is 0 Å². The Morgan fingerprint density at radius 3 is 2.41 bits per heavy atom. The molecule has 1 atom stereocenters. The number of hydrogen-bond donors (Lipinski definition) is 1. The summed E-state index contributed by atoms with van der Waals surface area (Å²) in [4.78, 5) is 11.2. The molecule has 1 unspecified atom stereocenters. The molecule has 0 aliphatic carbocycles. The fourth-order valence-corrected chi connectivity index (χ4v) is 1.67. The van der Waals surface area contributed by atoms with E-state index in [2.05, 4.69) is 0 Å². The number of carbonyl (C=O) groups excluding carboxylic acids is 1. The molecular weight excluding hydrogens is 216 g/mol. The van der Waals surface area contributed by atoms with Gasteiger partial charge < -0.3 is 9.84 Å². The summed E-state index contributed by atoms with van der Waals surface area (Å²) in [7, 11) is 0. The lowest BCUT2D eigenvalue weighted by Crippen LogP contribution is -2.05. The smallest absolute Gasteiger partial charge is 0.305 e. The zero-order valence-corrected chi connectivity index (χ0v) is 11.4. The molecule has 0 aromatic heterocycles. The Morgan fingerprint density at radius 2 is 1.76 bits per heavy atom. The average molecular weight is 244 g/mol. The van der Waals surface area contributed by atoms with Crippen LogP contribution in [0, 0.1) is 0 Å². The zero-order chi connectivity index (χ0) is 12.9. The lowest BCUT2D eigenvalue weighted by Gasteiger charge is -2.06. The molecule has 0 saturated heterocycles. The molecule has 0 heterocycles. The van der Waals surface area contributed by atoms with Crippen molar-refractivity contribution in [1.29, 1.82) is 0 Å². The highest BCUT2D eigenvalue weighted by Gasteiger charge is 2.02. The lowest BCUT2D eigenvalue weighted by atomic mass is 10.1. The second-order valence-corrected chi connectivity index (χ2v) is 4.59. The van der Waals surface area contributed by atoms with Gasteiger partial charge in [0.2, 0.25) is 0 Å². The maximum atomic E-state index is 11.2. The molecule has 0 radical (unpaired) electrons. The number of aliphatic hydroxyl groups is 1. The van der Waals surface area contributed by atoms with Crippen molar-refractivity contribution in [1.82, 2.24) is 0 Å². The maximum absolute atomic E-state index is 11.2. The lowest BCUT2D eigenvalue weighted by molar-refractivity contribution is -0.143. The van der Waals surface area contributed by atoms with Crippen LogP contribution in [0.3, 0.4) is 0 Å². The van der Waals surface area contributed by atoms with Crippen molar-refractivity contribution >= 4 is 5.97 Å². The molecular formula is C14H28O3. The van der Waals surface area contributed by atoms with E-state index < -0.39 is 0 Å². The van der Waals surface area contributed by atoms with E-state index in [0.29, 0.717) is 13.0 Å². The van der Waals surface area contributed by atoms with Crippen molar-refractivity contribution in [2.45, 2.75) is 77.7 Å². The Kier molecular flexibility index (Phi) is 11.5. The summed E-state index contributed by atoms with van der Waals surface area (Å²) in [5.74, 6) is -0.0618. The van der Waals surface area contributed by atoms with E-state index in [1.165, 1.54) is 0 Å². The molecule has 0 saturated carbocycles. The maximum Gasteiger partial charge on any atom is 0.305 e. The largest absolute Gasteiger partial charge is 0.466 e. The third-order valence-corrected chi connectivity index (χ3v) is 2.86. The zero-order valence-electron chi connectivity index (χ0n) is 11.4. The van der Waals surface area contributed by atoms with Crippen LogP contribution in [0.4, 0.5) is 0 Å². The van der Waals surface area contributed by atoms with Crippen LogP contribution in [-0.2, 0) is 9.53 Å². The van der Waals surface area contributed by atoms with Crippen LogP contribution in [0.1, 0.15) is 71.6 Å². The number of unbranched alkanes of at least 4 members (excludes halogenated alkanes) is 4. The summed E-state index contributed by atoms with van der Waals surface area (Å²) in [6, 6.07) is 0. The van der Waals surface area contributed by atoms with Crippen LogP contribution < -0.4 is 0 Å². The van der Waals surface area contributed by atoms with E-state index in [9.17, 15) is 9.90 Å². The number of ether oxygens (including phenoxy) is 1. The summed E-state index contributed by atoms with van der Waals surface area (Å²) in [5, 5.41) is 9.35. The van der Waals surface area contributed by atoms with E-state index in [4.69, 9.17) is 4.74 Å². The monoisotopic (exact) mass is 244 g/mol. The minimum atomic E-state index is -0.126. The van der Waals surface area contributed by atoms with Crippen LogP contribution in [0.2, 0.25) is 0 Å². The first-order valence-electron chi connectivity index (χ1n) is 7.04. The van der Waals surface area contributed by atoms with Crippen molar-refractivity contribution in [2.24, 2.45) is 0 Å². The minimum Gasteiger partial charge on any atom is -0.466 e. The Labute approximate surface area is 106 Å². The molecule has 3 heteroatoms. The molecule has 0 spiro atoms. The van der Waals surface area contributed by atoms with E-state index in [1.807, 2.05) is 13.8 Å². The van der Waals surface area contributed by atoms with Gasteiger partial charge in [-0.25, -0.2) is 0 Å². The van der Waals surface area contributed by atoms with E-state index in [1.54, 1.807) is 0 Å². The summed E-state index contributed by atoms with van der Waals surface area (Å²) in [6.07, 6.45) is 8.50. The third kappa shape index (κ3) is 11.7. The van der Waals surface area contributed by atoms with E-state index >= 15 is 0 Å². The van der Waals surface area contributed by atoms with Gasteiger partial charge in [0.1, 0.15) is 0 Å². The topological polar surface area (TPSA) is 46.5 Å². The molecule has 0 rings (SSSR count). The molecule has 0 aromatic carbocycles. The van der Waals surface area contributed by atoms with Gasteiger partial charge in [-0.2, -0.15) is 0 Å². The molecule has 17 heavy (non-hydrogen) atoms. The Bertz CT molecular complexity index is 180. The van der Waals surface area contributed by atoms with Crippen LogP contribution in [0.15, 0.2) is 0 Å². The van der Waals surface area contributed by atoms with Gasteiger partial charge in [0.05, 0.1) is 12.7 Å². The minimum absolute atomic E-state index is 0.0618. The second-order valence-electron chi connectivity index (χ2n) is 4.59. The van der Waals surface area contributed by atoms with Gasteiger partial charge in [-0.3, -0.25) is 4.79 Å². The van der Waals surface area contributed by atoms with Crippen molar-refractivity contribution in [3.05, 3.63) is 0 Å². The van der Waals surface area contributed by atoms with E-state index in [-0.39, 0.29) is 12.1 Å². The summed E-state index contributed by atoms with van der Waals surface area (Å²) < 4.78 is 4.99. The first-order valence-corrected chi connectivity index (χ1v) is 7.04. The average Bonchev–Trinajstić information content (AvgIpc) is 2.34. The molecule has 0 aliphatic rings. The molecule has 0 aliphatic heterocycles. The SMILES string of the molecule is CCCOC(=O)CCCCCCCC(O)CC. The Morgan fingerprint density at radius 1 is 1.12 bits per heavy atom. The molecule has 0 bridgehead atoms. The second kappa shape index (κ2) is 11.9. The highest BCUT2D eigenvalue weighted by molar-refractivity contribution is 5.69. The van der Waals surface area contributed by atoms with Crippen LogP contribution in [-0.4, -0.2) is 23.8 Å². The van der Waals surface area contributed by atoms with Crippen molar-refractivity contribution in [3.63, 3.8) is 0 Å². The normalized spacial score (nSPS) is 12.4. The highest BCUT2D eigenvalue weighted by atomic mass is 16.5. The summed E-state index contributed by atoms with van der Waals surface area (Å²) in [5.41, 5.74) is 0. The molecule has 0 amide bonds. The van der Waals surface area contributed by atoms with E-state index in [0.717, 1.165) is 51.4 Å². The van der Waals surface area contributed by atoms with Crippen LogP contribution in [0.25, 0.3) is 0 Å². The standard InChI is InChI=1S/C14H28O3/c1-3-12-17-14(16)11-9-7-5-6-8-10-13(15)4-2/h13,15H,3-12H2,1-2H3. The fourth-order valence-electron chi connectivity index (χ4n) is 1.67. The molecule has 1 N–H and O–H groups in total.